The van der Waals surface area contributed by atoms with E-state index < -0.39 is 0 Å². The van der Waals surface area contributed by atoms with Crippen LogP contribution in [0, 0.1) is 3.57 Å². The maximum absolute atomic E-state index is 11.8. The molecule has 0 spiro atoms. The minimum atomic E-state index is -0.281. The van der Waals surface area contributed by atoms with E-state index in [1.807, 2.05) is 19.1 Å². The number of rotatable bonds is 6. The van der Waals surface area contributed by atoms with Crippen molar-refractivity contribution in [2.24, 2.45) is 5.10 Å². The summed E-state index contributed by atoms with van der Waals surface area (Å²) in [5.41, 5.74) is 3.57. The average Bonchev–Trinajstić information content (AvgIpc) is 2.42. The lowest BCUT2D eigenvalue weighted by molar-refractivity contribution is -0.119. The Hall–Kier alpha value is -1.44. The highest BCUT2D eigenvalue weighted by Gasteiger charge is 2.06. The van der Waals surface area contributed by atoms with Crippen molar-refractivity contribution in [2.45, 2.75) is 26.7 Å². The fraction of sp³-hybridized carbons (Fsp3) is 0.357. The third-order valence-electron chi connectivity index (χ3n) is 2.42. The molecule has 0 aliphatic carbocycles. The molecule has 0 heterocycles. The van der Waals surface area contributed by atoms with E-state index in [-0.39, 0.29) is 18.2 Å². The molecule has 2 amide bonds. The fourth-order valence-electron chi connectivity index (χ4n) is 1.44. The first-order valence-corrected chi connectivity index (χ1v) is 7.46. The van der Waals surface area contributed by atoms with Crippen molar-refractivity contribution in [3.05, 3.63) is 33.4 Å². The number of nitrogens with zero attached hydrogens (tertiary/aromatic N) is 1. The van der Waals surface area contributed by atoms with Gasteiger partial charge in [-0.1, -0.05) is 13.0 Å². The summed E-state index contributed by atoms with van der Waals surface area (Å²) in [6.45, 7) is 4.35. The molecule has 0 aliphatic rings. The number of benzene rings is 1. The summed E-state index contributed by atoms with van der Waals surface area (Å²) >= 11 is 2.14. The molecule has 0 radical (unpaired) electrons. The van der Waals surface area contributed by atoms with Gasteiger partial charge in [0.2, 0.25) is 5.91 Å². The van der Waals surface area contributed by atoms with Gasteiger partial charge in [0, 0.05) is 21.4 Å². The molecular weight excluding hydrogens is 369 g/mol. The third-order valence-corrected chi connectivity index (χ3v) is 3.09. The monoisotopic (exact) mass is 387 g/mol. The van der Waals surface area contributed by atoms with E-state index in [0.29, 0.717) is 17.8 Å². The quantitative estimate of drug-likeness (QED) is 0.447. The van der Waals surface area contributed by atoms with Gasteiger partial charge in [-0.15, -0.1) is 0 Å². The Balaban J connectivity index is 2.50. The number of nitrogens with one attached hydrogen (secondary N) is 2. The molecule has 0 fully saturated rings. The van der Waals surface area contributed by atoms with E-state index in [1.165, 1.54) is 0 Å². The zero-order valence-corrected chi connectivity index (χ0v) is 13.7. The Kier molecular flexibility index (Phi) is 7.21. The van der Waals surface area contributed by atoms with Crippen LogP contribution in [0.3, 0.4) is 0 Å². The summed E-state index contributed by atoms with van der Waals surface area (Å²) in [7, 11) is 0. The molecule has 1 rings (SSSR count). The van der Waals surface area contributed by atoms with Gasteiger partial charge in [0.05, 0.1) is 6.42 Å². The number of carbonyl (C=O) groups is 2. The van der Waals surface area contributed by atoms with Crippen LogP contribution in [0.25, 0.3) is 0 Å². The first-order chi connectivity index (χ1) is 9.52. The van der Waals surface area contributed by atoms with Crippen molar-refractivity contribution in [3.8, 4) is 0 Å². The van der Waals surface area contributed by atoms with Crippen LogP contribution in [-0.4, -0.2) is 24.1 Å². The predicted octanol–water partition coefficient (Wildman–Crippen LogP) is 2.31. The lowest BCUT2D eigenvalue weighted by atomic mass is 10.2. The van der Waals surface area contributed by atoms with Crippen molar-refractivity contribution in [3.63, 3.8) is 0 Å². The molecule has 0 atom stereocenters. The van der Waals surface area contributed by atoms with Crippen molar-refractivity contribution >= 4 is 40.1 Å². The van der Waals surface area contributed by atoms with E-state index >= 15 is 0 Å². The van der Waals surface area contributed by atoms with Crippen LogP contribution in [0.4, 0.5) is 0 Å². The van der Waals surface area contributed by atoms with Gasteiger partial charge in [-0.3, -0.25) is 9.59 Å². The fourth-order valence-corrected chi connectivity index (χ4v) is 1.98. The molecule has 1 aromatic rings. The molecule has 20 heavy (non-hydrogen) atoms. The van der Waals surface area contributed by atoms with Crippen LogP contribution < -0.4 is 10.7 Å². The number of carbonyl (C=O) groups excluding carboxylic acids is 2. The number of hydrazone groups is 1. The van der Waals surface area contributed by atoms with E-state index in [4.69, 9.17) is 0 Å². The van der Waals surface area contributed by atoms with E-state index in [9.17, 15) is 9.59 Å². The molecule has 5 nitrogen and oxygen atoms in total. The Bertz CT molecular complexity index is 515. The van der Waals surface area contributed by atoms with E-state index in [0.717, 1.165) is 9.99 Å². The van der Waals surface area contributed by atoms with Crippen molar-refractivity contribution < 1.29 is 9.59 Å². The topological polar surface area (TPSA) is 70.6 Å². The second-order valence-corrected chi connectivity index (χ2v) is 5.57. The van der Waals surface area contributed by atoms with Crippen molar-refractivity contribution in [1.82, 2.24) is 10.7 Å². The highest BCUT2D eigenvalue weighted by molar-refractivity contribution is 14.1. The minimum Gasteiger partial charge on any atom is -0.356 e. The van der Waals surface area contributed by atoms with E-state index in [2.05, 4.69) is 38.4 Å². The predicted molar refractivity (Wildman–Crippen MR) is 87.7 cm³/mol. The van der Waals surface area contributed by atoms with Gasteiger partial charge >= 0.3 is 0 Å². The smallest absolute Gasteiger partial charge is 0.271 e. The number of hydrogen-bond donors (Lipinski definition) is 2. The summed E-state index contributed by atoms with van der Waals surface area (Å²) in [5, 5.41) is 6.69. The number of amides is 2. The third kappa shape index (κ3) is 6.14. The first kappa shape index (κ1) is 16.6. The van der Waals surface area contributed by atoms with Crippen LogP contribution in [-0.2, 0) is 4.79 Å². The van der Waals surface area contributed by atoms with Gasteiger partial charge in [-0.05, 0) is 54.1 Å². The Labute approximate surface area is 132 Å². The standard InChI is InChI=1S/C14H18IN3O2/c1-3-7-16-13(19)8-10(2)17-18-14(20)11-5-4-6-12(15)9-11/h4-6,9H,3,7-8H2,1-2H3,(H,16,19)(H,18,20)/b17-10+. The van der Waals surface area contributed by atoms with Crippen LogP contribution in [0.1, 0.15) is 37.0 Å². The maximum atomic E-state index is 11.8. The summed E-state index contributed by atoms with van der Waals surface area (Å²) in [4.78, 5) is 23.3. The van der Waals surface area contributed by atoms with Gasteiger partial charge in [-0.25, -0.2) is 5.43 Å². The zero-order valence-electron chi connectivity index (χ0n) is 11.6. The second kappa shape index (κ2) is 8.68. The molecule has 2 N–H and O–H groups in total. The molecule has 0 bridgehead atoms. The SMILES string of the molecule is CCCNC(=O)C/C(C)=N/NC(=O)c1cccc(I)c1. The van der Waals surface area contributed by atoms with Crippen LogP contribution in [0.5, 0.6) is 0 Å². The molecule has 1 aromatic carbocycles. The Morgan fingerprint density at radius 2 is 2.10 bits per heavy atom. The first-order valence-electron chi connectivity index (χ1n) is 6.38. The van der Waals surface area contributed by atoms with Crippen LogP contribution in [0.2, 0.25) is 0 Å². The Morgan fingerprint density at radius 1 is 1.35 bits per heavy atom. The molecule has 0 saturated heterocycles. The van der Waals surface area contributed by atoms with Crippen molar-refractivity contribution in [1.29, 1.82) is 0 Å². The Morgan fingerprint density at radius 3 is 2.75 bits per heavy atom. The minimum absolute atomic E-state index is 0.0865. The zero-order chi connectivity index (χ0) is 15.0. The summed E-state index contributed by atoms with van der Waals surface area (Å²) in [6, 6.07) is 7.21. The van der Waals surface area contributed by atoms with Gasteiger partial charge < -0.3 is 5.32 Å². The highest BCUT2D eigenvalue weighted by Crippen LogP contribution is 2.07. The molecule has 108 valence electrons. The summed E-state index contributed by atoms with van der Waals surface area (Å²) in [5.74, 6) is -0.367. The van der Waals surface area contributed by atoms with Crippen LogP contribution >= 0.6 is 22.6 Å². The van der Waals surface area contributed by atoms with Gasteiger partial charge in [-0.2, -0.15) is 5.10 Å². The molecule has 0 unspecified atom stereocenters. The molecule has 6 heteroatoms. The summed E-state index contributed by atoms with van der Waals surface area (Å²) in [6.07, 6.45) is 1.08. The largest absolute Gasteiger partial charge is 0.356 e. The van der Waals surface area contributed by atoms with Gasteiger partial charge in [0.25, 0.3) is 5.91 Å². The molecule has 0 aromatic heterocycles. The molecular formula is C14H18IN3O2. The molecule has 0 saturated carbocycles. The van der Waals surface area contributed by atoms with Gasteiger partial charge in [0.15, 0.2) is 0 Å². The van der Waals surface area contributed by atoms with Gasteiger partial charge in [0.1, 0.15) is 0 Å². The summed E-state index contributed by atoms with van der Waals surface area (Å²) < 4.78 is 0.981. The lowest BCUT2D eigenvalue weighted by Crippen LogP contribution is -2.27. The number of hydrogen-bond acceptors (Lipinski definition) is 3. The average molecular weight is 387 g/mol. The normalized spacial score (nSPS) is 11.1. The molecule has 0 aliphatic heterocycles. The lowest BCUT2D eigenvalue weighted by Gasteiger charge is -2.04. The van der Waals surface area contributed by atoms with E-state index in [1.54, 1.807) is 19.1 Å². The second-order valence-electron chi connectivity index (χ2n) is 4.33. The van der Waals surface area contributed by atoms with Crippen molar-refractivity contribution in [2.75, 3.05) is 6.54 Å². The maximum Gasteiger partial charge on any atom is 0.271 e. The van der Waals surface area contributed by atoms with Crippen LogP contribution in [0.15, 0.2) is 29.4 Å². The number of halogens is 1. The highest BCUT2D eigenvalue weighted by atomic mass is 127.